The summed E-state index contributed by atoms with van der Waals surface area (Å²) in [5.74, 6) is -1.16. The van der Waals surface area contributed by atoms with Crippen molar-refractivity contribution in [2.75, 3.05) is 13.2 Å². The summed E-state index contributed by atoms with van der Waals surface area (Å²) in [6.07, 6.45) is 9.38. The van der Waals surface area contributed by atoms with Crippen molar-refractivity contribution in [3.63, 3.8) is 0 Å². The molecule has 0 radical (unpaired) electrons. The smallest absolute Gasteiger partial charge is 0.306 e. The van der Waals surface area contributed by atoms with E-state index in [1.165, 1.54) is 0 Å². The molecular weight excluding hydrogens is 480 g/mol. The third-order valence-corrected chi connectivity index (χ3v) is 5.93. The number of aliphatic hydroxyl groups excluding tert-OH is 3. The number of aliphatic hydroxyl groups is 3. The lowest BCUT2D eigenvalue weighted by Crippen LogP contribution is -2.30. The van der Waals surface area contributed by atoms with Crippen LogP contribution < -0.4 is 0 Å². The summed E-state index contributed by atoms with van der Waals surface area (Å²) in [4.78, 5) is 40.7. The SMILES string of the molecule is CCCCC[C@H](O)/C=C/[C@@H]1[C@@H](C/C=C\CCCC(=O)OC(CO[N+](=O)[O-])CO[N+](=O)[O-])[C@@H](O)C[C@H]1O. The number of unbranched alkanes of at least 4 members (excludes halogenated alkanes) is 3. The summed E-state index contributed by atoms with van der Waals surface area (Å²) in [5, 5.41) is 49.1. The van der Waals surface area contributed by atoms with Crippen LogP contribution in [0.15, 0.2) is 24.3 Å². The number of carbonyl (C=O) groups excluding carboxylic acids is 1. The highest BCUT2D eigenvalue weighted by atomic mass is 17.0. The molecule has 36 heavy (non-hydrogen) atoms. The van der Waals surface area contributed by atoms with Crippen molar-refractivity contribution in [3.8, 4) is 0 Å². The van der Waals surface area contributed by atoms with E-state index in [1.54, 1.807) is 12.2 Å². The molecule has 1 saturated carbocycles. The Balaban J connectivity index is 2.43. The summed E-state index contributed by atoms with van der Waals surface area (Å²) in [6, 6.07) is 0. The Hall–Kier alpha value is -2.77. The second-order valence-corrected chi connectivity index (χ2v) is 8.81. The van der Waals surface area contributed by atoms with Crippen LogP contribution in [0.25, 0.3) is 0 Å². The van der Waals surface area contributed by atoms with Crippen LogP contribution >= 0.6 is 0 Å². The van der Waals surface area contributed by atoms with E-state index < -0.39 is 53.8 Å². The fourth-order valence-electron chi connectivity index (χ4n) is 4.05. The fraction of sp³-hybridized carbons (Fsp3) is 0.783. The standard InChI is InChI=1S/C23H38N2O11/c1-2-3-6-9-17(26)12-13-20-19(21(27)14-22(20)28)10-7-4-5-8-11-23(29)36-18(15-34-24(30)31)16-35-25(32)33/h4,7,12-13,17-22,26-28H,2-3,5-6,8-11,14-16H2,1H3/b7-4-,13-12+/t17-,19+,20+,21-,22+/m0/s1. The highest BCUT2D eigenvalue weighted by molar-refractivity contribution is 5.69. The molecule has 13 nitrogen and oxygen atoms in total. The number of allylic oxidation sites excluding steroid dienone is 2. The molecule has 1 aliphatic carbocycles. The van der Waals surface area contributed by atoms with E-state index in [1.807, 2.05) is 12.2 Å². The van der Waals surface area contributed by atoms with E-state index in [4.69, 9.17) is 4.74 Å². The number of carbonyl (C=O) groups is 1. The number of esters is 1. The second-order valence-electron chi connectivity index (χ2n) is 8.81. The summed E-state index contributed by atoms with van der Waals surface area (Å²) >= 11 is 0. The first-order valence-corrected chi connectivity index (χ1v) is 12.3. The minimum Gasteiger partial charge on any atom is -0.458 e. The molecular formula is C23H38N2O11. The van der Waals surface area contributed by atoms with Gasteiger partial charge in [0.15, 0.2) is 0 Å². The van der Waals surface area contributed by atoms with Crippen LogP contribution in [0.4, 0.5) is 0 Å². The van der Waals surface area contributed by atoms with Gasteiger partial charge < -0.3 is 29.7 Å². The van der Waals surface area contributed by atoms with Gasteiger partial charge in [-0.2, -0.15) is 0 Å². The Morgan fingerprint density at radius 3 is 2.33 bits per heavy atom. The van der Waals surface area contributed by atoms with Crippen molar-refractivity contribution in [3.05, 3.63) is 44.5 Å². The van der Waals surface area contributed by atoms with Crippen molar-refractivity contribution in [1.82, 2.24) is 0 Å². The average molecular weight is 519 g/mol. The molecule has 0 aromatic rings. The van der Waals surface area contributed by atoms with Crippen LogP contribution in [-0.2, 0) is 19.2 Å². The molecule has 5 atom stereocenters. The first kappa shape index (κ1) is 31.3. The zero-order valence-electron chi connectivity index (χ0n) is 20.6. The molecule has 0 bridgehead atoms. The van der Waals surface area contributed by atoms with Crippen LogP contribution in [0.2, 0.25) is 0 Å². The Morgan fingerprint density at radius 2 is 1.72 bits per heavy atom. The fourth-order valence-corrected chi connectivity index (χ4v) is 4.05. The molecule has 0 unspecified atom stereocenters. The average Bonchev–Trinajstić information content (AvgIpc) is 3.08. The molecule has 1 aliphatic rings. The van der Waals surface area contributed by atoms with Crippen LogP contribution in [0, 0.1) is 32.1 Å². The Bertz CT molecular complexity index is 713. The first-order chi connectivity index (χ1) is 17.1. The van der Waals surface area contributed by atoms with Crippen molar-refractivity contribution >= 4 is 5.97 Å². The minimum atomic E-state index is -1.30. The Morgan fingerprint density at radius 1 is 1.06 bits per heavy atom. The second kappa shape index (κ2) is 17.6. The molecule has 1 rings (SSSR count). The first-order valence-electron chi connectivity index (χ1n) is 12.3. The lowest BCUT2D eigenvalue weighted by Gasteiger charge is -2.19. The summed E-state index contributed by atoms with van der Waals surface area (Å²) in [6.45, 7) is 0.717. The van der Waals surface area contributed by atoms with E-state index in [9.17, 15) is 40.3 Å². The zero-order valence-corrected chi connectivity index (χ0v) is 20.6. The van der Waals surface area contributed by atoms with Gasteiger partial charge in [-0.3, -0.25) is 4.79 Å². The molecule has 1 fully saturated rings. The molecule has 13 heteroatoms. The lowest BCUT2D eigenvalue weighted by atomic mass is 9.89. The van der Waals surface area contributed by atoms with Crippen molar-refractivity contribution in [2.24, 2.45) is 11.8 Å². The third kappa shape index (κ3) is 13.4. The van der Waals surface area contributed by atoms with Gasteiger partial charge in [-0.25, -0.2) is 0 Å². The van der Waals surface area contributed by atoms with Gasteiger partial charge in [0, 0.05) is 18.8 Å². The van der Waals surface area contributed by atoms with Gasteiger partial charge in [0.05, 0.1) is 18.3 Å². The summed E-state index contributed by atoms with van der Waals surface area (Å²) in [5.41, 5.74) is 0. The molecule has 0 amide bonds. The molecule has 206 valence electrons. The van der Waals surface area contributed by atoms with E-state index in [-0.39, 0.29) is 24.7 Å². The monoisotopic (exact) mass is 518 g/mol. The van der Waals surface area contributed by atoms with Crippen LogP contribution in [0.5, 0.6) is 0 Å². The number of hydrogen-bond acceptors (Lipinski definition) is 11. The van der Waals surface area contributed by atoms with Gasteiger partial charge in [-0.15, -0.1) is 20.2 Å². The maximum Gasteiger partial charge on any atom is 0.306 e. The maximum absolute atomic E-state index is 11.9. The number of hydrogen-bond donors (Lipinski definition) is 3. The van der Waals surface area contributed by atoms with E-state index in [0.29, 0.717) is 25.7 Å². The number of ether oxygens (including phenoxy) is 1. The quantitative estimate of drug-likeness (QED) is 0.0747. The van der Waals surface area contributed by atoms with Crippen molar-refractivity contribution in [1.29, 1.82) is 0 Å². The minimum absolute atomic E-state index is 0.0240. The van der Waals surface area contributed by atoms with Crippen LogP contribution in [-0.4, -0.2) is 69.1 Å². The summed E-state index contributed by atoms with van der Waals surface area (Å²) in [7, 11) is 0. The summed E-state index contributed by atoms with van der Waals surface area (Å²) < 4.78 is 4.95. The highest BCUT2D eigenvalue weighted by Crippen LogP contribution is 2.36. The predicted octanol–water partition coefficient (Wildman–Crippen LogP) is 2.29. The molecule has 0 aromatic heterocycles. The predicted molar refractivity (Wildman–Crippen MR) is 126 cm³/mol. The van der Waals surface area contributed by atoms with E-state index in [0.717, 1.165) is 19.3 Å². The normalized spacial score (nSPS) is 22.8. The Kier molecular flexibility index (Phi) is 15.3. The van der Waals surface area contributed by atoms with E-state index >= 15 is 0 Å². The van der Waals surface area contributed by atoms with Gasteiger partial charge in [0.2, 0.25) is 0 Å². The largest absolute Gasteiger partial charge is 0.458 e. The van der Waals surface area contributed by atoms with E-state index in [2.05, 4.69) is 16.6 Å². The van der Waals surface area contributed by atoms with Crippen molar-refractivity contribution in [2.45, 2.75) is 89.1 Å². The molecule has 0 heterocycles. The van der Waals surface area contributed by atoms with Gasteiger partial charge in [0.25, 0.3) is 10.2 Å². The van der Waals surface area contributed by atoms with Crippen molar-refractivity contribution < 1.29 is 44.7 Å². The van der Waals surface area contributed by atoms with Crippen LogP contribution in [0.3, 0.4) is 0 Å². The van der Waals surface area contributed by atoms with Gasteiger partial charge in [-0.05, 0) is 31.6 Å². The maximum atomic E-state index is 11.9. The highest BCUT2D eigenvalue weighted by Gasteiger charge is 2.39. The molecule has 0 aliphatic heterocycles. The zero-order chi connectivity index (χ0) is 26.9. The topological polar surface area (TPSA) is 192 Å². The number of nitrogens with zero attached hydrogens (tertiary/aromatic N) is 2. The number of rotatable bonds is 19. The lowest BCUT2D eigenvalue weighted by molar-refractivity contribution is -0.768. The van der Waals surface area contributed by atoms with Gasteiger partial charge in [-0.1, -0.05) is 50.5 Å². The van der Waals surface area contributed by atoms with Gasteiger partial charge in [0.1, 0.15) is 19.3 Å². The molecule has 0 aromatic carbocycles. The third-order valence-electron chi connectivity index (χ3n) is 5.93. The molecule has 3 N–H and O–H groups in total. The van der Waals surface area contributed by atoms with Gasteiger partial charge >= 0.3 is 5.97 Å². The Labute approximate surface area is 209 Å². The molecule has 0 saturated heterocycles. The molecule has 0 spiro atoms. The van der Waals surface area contributed by atoms with Crippen LogP contribution in [0.1, 0.15) is 64.7 Å².